The van der Waals surface area contributed by atoms with Gasteiger partial charge in [0.15, 0.2) is 0 Å². The summed E-state index contributed by atoms with van der Waals surface area (Å²) in [4.78, 5) is 34.9. The van der Waals surface area contributed by atoms with Crippen molar-refractivity contribution in [2.45, 2.75) is 36.7 Å². The van der Waals surface area contributed by atoms with E-state index >= 15 is 0 Å². The van der Waals surface area contributed by atoms with Crippen LogP contribution < -0.4 is 21.7 Å². The van der Waals surface area contributed by atoms with E-state index in [1.165, 1.54) is 0 Å². The van der Waals surface area contributed by atoms with Gasteiger partial charge in [-0.1, -0.05) is 0 Å². The molecule has 12 heteroatoms. The number of nitrogens with two attached hydrogens (primary N) is 1. The van der Waals surface area contributed by atoms with Gasteiger partial charge in [-0.15, -0.1) is 0 Å². The zero-order valence-electron chi connectivity index (χ0n) is 14.5. The highest BCUT2D eigenvalue weighted by atomic mass is 19.1. The first-order valence-electron chi connectivity index (χ1n) is 8.19. The van der Waals surface area contributed by atoms with E-state index in [9.17, 15) is 38.5 Å². The van der Waals surface area contributed by atoms with Gasteiger partial charge in [-0.2, -0.15) is 0 Å². The Hall–Kier alpha value is -2.83. The van der Waals surface area contributed by atoms with Crippen LogP contribution in [0.5, 0.6) is 0 Å². The molecule has 4 atom stereocenters. The first-order chi connectivity index (χ1) is 13.0. The summed E-state index contributed by atoms with van der Waals surface area (Å²) in [5.74, 6) is -3.76. The van der Waals surface area contributed by atoms with Crippen molar-refractivity contribution < 1.29 is 38.5 Å². The third kappa shape index (κ3) is 5.12. The molecule has 4 unspecified atom stereocenters. The molecule has 1 fully saturated rings. The molecular formula is C16H20F2N4O6. The highest BCUT2D eigenvalue weighted by Gasteiger charge is 2.49. The van der Waals surface area contributed by atoms with Gasteiger partial charge in [0.05, 0.1) is 24.4 Å². The summed E-state index contributed by atoms with van der Waals surface area (Å²) in [6.07, 6.45) is -4.17. The lowest BCUT2D eigenvalue weighted by atomic mass is 9.77. The molecule has 2 rings (SSSR count). The van der Waals surface area contributed by atoms with Crippen molar-refractivity contribution in [1.82, 2.24) is 10.6 Å². The van der Waals surface area contributed by atoms with Gasteiger partial charge >= 0.3 is 6.03 Å². The fourth-order valence-electron chi connectivity index (χ4n) is 2.87. The van der Waals surface area contributed by atoms with Crippen LogP contribution >= 0.6 is 0 Å². The standard InChI is InChI=1S/C16H20F2N4O6/c17-7-1-2-9(8(18)3-7)21-15(27)22-10-4-16(28,5-11(23)13(10)25)14(26)20-6-12(19)24/h1-3,10-11,13,23,25,28H,4-6H2,(H2,19,24)(H,20,26)(H2,21,22,27). The molecular weight excluding hydrogens is 382 g/mol. The summed E-state index contributed by atoms with van der Waals surface area (Å²) in [7, 11) is 0. The summed E-state index contributed by atoms with van der Waals surface area (Å²) < 4.78 is 26.5. The van der Waals surface area contributed by atoms with E-state index < -0.39 is 72.7 Å². The van der Waals surface area contributed by atoms with Crippen LogP contribution in [0.1, 0.15) is 12.8 Å². The number of nitrogens with one attached hydrogen (secondary N) is 3. The molecule has 0 bridgehead atoms. The SMILES string of the molecule is NC(=O)CNC(=O)C1(O)CC(O)C(O)C(NC(=O)Nc2ccc(F)cc2F)C1. The minimum Gasteiger partial charge on any atom is -0.390 e. The molecule has 0 aromatic heterocycles. The quantitative estimate of drug-likeness (QED) is 0.309. The van der Waals surface area contributed by atoms with Crippen molar-refractivity contribution >= 4 is 23.5 Å². The number of hydrogen-bond donors (Lipinski definition) is 7. The van der Waals surface area contributed by atoms with Crippen LogP contribution in [0.3, 0.4) is 0 Å². The predicted molar refractivity (Wildman–Crippen MR) is 90.7 cm³/mol. The minimum atomic E-state index is -2.20. The van der Waals surface area contributed by atoms with E-state index in [0.717, 1.165) is 12.1 Å². The summed E-state index contributed by atoms with van der Waals surface area (Å²) in [6, 6.07) is 0.126. The first-order valence-corrected chi connectivity index (χ1v) is 8.19. The number of carbonyl (C=O) groups excluding carboxylic acids is 3. The third-order valence-corrected chi connectivity index (χ3v) is 4.25. The average molecular weight is 402 g/mol. The number of rotatable bonds is 5. The largest absolute Gasteiger partial charge is 0.390 e. The highest BCUT2D eigenvalue weighted by molar-refractivity contribution is 5.91. The zero-order chi connectivity index (χ0) is 21.1. The van der Waals surface area contributed by atoms with Crippen LogP contribution in [0.25, 0.3) is 0 Å². The number of aliphatic hydroxyl groups is 3. The van der Waals surface area contributed by atoms with Gasteiger partial charge in [0.1, 0.15) is 23.3 Å². The Morgan fingerprint density at radius 1 is 1.21 bits per heavy atom. The zero-order valence-corrected chi connectivity index (χ0v) is 14.5. The van der Waals surface area contributed by atoms with Crippen molar-refractivity contribution in [2.75, 3.05) is 11.9 Å². The van der Waals surface area contributed by atoms with Crippen LogP contribution in [0, 0.1) is 11.6 Å². The van der Waals surface area contributed by atoms with Gasteiger partial charge in [-0.25, -0.2) is 13.6 Å². The molecule has 1 aromatic carbocycles. The van der Waals surface area contributed by atoms with Gasteiger partial charge < -0.3 is 37.0 Å². The Morgan fingerprint density at radius 3 is 2.50 bits per heavy atom. The number of aliphatic hydroxyl groups excluding tert-OH is 2. The van der Waals surface area contributed by atoms with E-state index in [1.807, 2.05) is 0 Å². The molecule has 1 saturated carbocycles. The van der Waals surface area contributed by atoms with Crippen LogP contribution in [-0.4, -0.2) is 63.6 Å². The molecule has 10 nitrogen and oxygen atoms in total. The van der Waals surface area contributed by atoms with E-state index in [-0.39, 0.29) is 5.69 Å². The molecule has 1 aliphatic carbocycles. The molecule has 0 radical (unpaired) electrons. The summed E-state index contributed by atoms with van der Waals surface area (Å²) in [5, 5.41) is 36.8. The summed E-state index contributed by atoms with van der Waals surface area (Å²) in [6.45, 7) is -0.553. The van der Waals surface area contributed by atoms with E-state index in [2.05, 4.69) is 16.0 Å². The molecule has 154 valence electrons. The second-order valence-electron chi connectivity index (χ2n) is 6.48. The molecule has 0 spiro atoms. The Morgan fingerprint density at radius 2 is 1.89 bits per heavy atom. The van der Waals surface area contributed by atoms with Gasteiger partial charge in [-0.05, 0) is 12.1 Å². The Bertz CT molecular complexity index is 780. The van der Waals surface area contributed by atoms with Gasteiger partial charge in [0, 0.05) is 18.9 Å². The number of urea groups is 1. The molecule has 0 aliphatic heterocycles. The maximum Gasteiger partial charge on any atom is 0.319 e. The van der Waals surface area contributed by atoms with Crippen molar-refractivity contribution in [3.8, 4) is 0 Å². The topological polar surface area (TPSA) is 174 Å². The Labute approximate surface area is 157 Å². The fraction of sp³-hybridized carbons (Fsp3) is 0.438. The molecule has 8 N–H and O–H groups in total. The Kier molecular flexibility index (Phi) is 6.48. The van der Waals surface area contributed by atoms with Crippen molar-refractivity contribution in [2.24, 2.45) is 5.73 Å². The Balaban J connectivity index is 2.06. The normalized spacial score (nSPS) is 27.0. The number of halogens is 2. The van der Waals surface area contributed by atoms with E-state index in [0.29, 0.717) is 6.07 Å². The van der Waals surface area contributed by atoms with Crippen molar-refractivity contribution in [1.29, 1.82) is 0 Å². The van der Waals surface area contributed by atoms with Crippen molar-refractivity contribution in [3.63, 3.8) is 0 Å². The lowest BCUT2D eigenvalue weighted by Crippen LogP contribution is -2.63. The second-order valence-corrected chi connectivity index (χ2v) is 6.48. The van der Waals surface area contributed by atoms with Crippen LogP contribution in [0.2, 0.25) is 0 Å². The number of benzene rings is 1. The summed E-state index contributed by atoms with van der Waals surface area (Å²) >= 11 is 0. The smallest absolute Gasteiger partial charge is 0.319 e. The van der Waals surface area contributed by atoms with Gasteiger partial charge in [0.2, 0.25) is 5.91 Å². The highest BCUT2D eigenvalue weighted by Crippen LogP contribution is 2.29. The average Bonchev–Trinajstić information content (AvgIpc) is 2.59. The second kappa shape index (κ2) is 8.46. The van der Waals surface area contributed by atoms with Gasteiger partial charge in [-0.3, -0.25) is 9.59 Å². The maximum absolute atomic E-state index is 13.6. The van der Waals surface area contributed by atoms with Gasteiger partial charge in [0.25, 0.3) is 5.91 Å². The van der Waals surface area contributed by atoms with Crippen LogP contribution in [-0.2, 0) is 9.59 Å². The van der Waals surface area contributed by atoms with E-state index in [4.69, 9.17) is 5.73 Å². The number of anilines is 1. The fourth-order valence-corrected chi connectivity index (χ4v) is 2.87. The predicted octanol–water partition coefficient (Wildman–Crippen LogP) is -1.70. The summed E-state index contributed by atoms with van der Waals surface area (Å²) in [5.41, 5.74) is 2.36. The first kappa shape index (κ1) is 21.5. The number of amides is 4. The molecule has 1 aromatic rings. The van der Waals surface area contributed by atoms with Crippen molar-refractivity contribution in [3.05, 3.63) is 29.8 Å². The number of primary amides is 1. The molecule has 28 heavy (non-hydrogen) atoms. The third-order valence-electron chi connectivity index (χ3n) is 4.25. The molecule has 0 saturated heterocycles. The van der Waals surface area contributed by atoms with Crippen LogP contribution in [0.4, 0.5) is 19.3 Å². The molecule has 0 heterocycles. The molecule has 4 amide bonds. The number of carbonyl (C=O) groups is 3. The maximum atomic E-state index is 13.6. The number of hydrogen-bond acceptors (Lipinski definition) is 6. The van der Waals surface area contributed by atoms with Crippen LogP contribution in [0.15, 0.2) is 18.2 Å². The monoisotopic (exact) mass is 402 g/mol. The van der Waals surface area contributed by atoms with E-state index in [1.54, 1.807) is 0 Å². The lowest BCUT2D eigenvalue weighted by Gasteiger charge is -2.41. The minimum absolute atomic E-state index is 0.348. The molecule has 1 aliphatic rings. The lowest BCUT2D eigenvalue weighted by molar-refractivity contribution is -0.157.